The van der Waals surface area contributed by atoms with Crippen LogP contribution >= 0.6 is 15.9 Å². The van der Waals surface area contributed by atoms with E-state index in [0.717, 1.165) is 29.6 Å². The van der Waals surface area contributed by atoms with Crippen LogP contribution in [0.15, 0.2) is 47.3 Å². The number of pyridine rings is 2. The zero-order valence-electron chi connectivity index (χ0n) is 11.0. The summed E-state index contributed by atoms with van der Waals surface area (Å²) in [6.07, 6.45) is 7.53. The number of nitrogens with one attached hydrogen (secondary N) is 1. The third-order valence-corrected chi connectivity index (χ3v) is 3.62. The van der Waals surface area contributed by atoms with E-state index in [1.807, 2.05) is 30.7 Å². The molecule has 2 rings (SSSR count). The first-order chi connectivity index (χ1) is 9.31. The van der Waals surface area contributed by atoms with Crippen LogP contribution in [-0.4, -0.2) is 16.5 Å². The normalized spacial score (nSPS) is 12.3. The van der Waals surface area contributed by atoms with E-state index in [4.69, 9.17) is 0 Å². The van der Waals surface area contributed by atoms with Gasteiger partial charge in [0.25, 0.3) is 0 Å². The summed E-state index contributed by atoms with van der Waals surface area (Å²) in [6, 6.07) is 8.30. The highest BCUT2D eigenvalue weighted by Gasteiger charge is 2.15. The number of rotatable bonds is 6. The van der Waals surface area contributed by atoms with E-state index in [0.29, 0.717) is 0 Å². The number of aromatic nitrogens is 2. The molecule has 1 unspecified atom stereocenters. The fourth-order valence-corrected chi connectivity index (χ4v) is 2.52. The average Bonchev–Trinajstić information content (AvgIpc) is 2.45. The van der Waals surface area contributed by atoms with E-state index in [1.165, 1.54) is 5.56 Å². The Morgan fingerprint density at radius 2 is 2.00 bits per heavy atom. The lowest BCUT2D eigenvalue weighted by Gasteiger charge is -2.19. The van der Waals surface area contributed by atoms with Crippen LogP contribution in [0.25, 0.3) is 0 Å². The molecule has 0 aliphatic heterocycles. The molecule has 2 aromatic heterocycles. The highest BCUT2D eigenvalue weighted by Crippen LogP contribution is 2.23. The van der Waals surface area contributed by atoms with Gasteiger partial charge in [-0.1, -0.05) is 6.92 Å². The first kappa shape index (κ1) is 14.2. The molecule has 0 spiro atoms. The van der Waals surface area contributed by atoms with E-state index in [1.54, 1.807) is 0 Å². The second-order valence-corrected chi connectivity index (χ2v) is 5.29. The van der Waals surface area contributed by atoms with Crippen molar-refractivity contribution in [3.63, 3.8) is 0 Å². The van der Waals surface area contributed by atoms with Gasteiger partial charge in [-0.3, -0.25) is 9.97 Å². The van der Waals surface area contributed by atoms with Gasteiger partial charge >= 0.3 is 0 Å². The quantitative estimate of drug-likeness (QED) is 0.885. The minimum atomic E-state index is 0.220. The highest BCUT2D eigenvalue weighted by molar-refractivity contribution is 9.10. The minimum absolute atomic E-state index is 0.220. The molecule has 0 bridgehead atoms. The Balaban J connectivity index is 2.19. The Kier molecular flexibility index (Phi) is 5.48. The van der Waals surface area contributed by atoms with Crippen molar-refractivity contribution in [1.82, 2.24) is 15.3 Å². The standard InChI is InChI=1S/C15H18BrN3/c1-2-7-18-14(11-12-5-9-17-10-6-12)15-13(16)4-3-8-19-15/h3-6,8-10,14,18H,2,7,11H2,1H3. The van der Waals surface area contributed by atoms with Gasteiger partial charge in [-0.25, -0.2) is 0 Å². The first-order valence-electron chi connectivity index (χ1n) is 6.54. The number of nitrogens with zero attached hydrogens (tertiary/aromatic N) is 2. The van der Waals surface area contributed by atoms with Crippen molar-refractivity contribution in [2.24, 2.45) is 0 Å². The summed E-state index contributed by atoms with van der Waals surface area (Å²) in [5.74, 6) is 0. The lowest BCUT2D eigenvalue weighted by Crippen LogP contribution is -2.25. The Morgan fingerprint density at radius 1 is 1.21 bits per heavy atom. The van der Waals surface area contributed by atoms with Gasteiger partial charge in [0.1, 0.15) is 0 Å². The van der Waals surface area contributed by atoms with Crippen LogP contribution in [0, 0.1) is 0 Å². The summed E-state index contributed by atoms with van der Waals surface area (Å²) in [6.45, 7) is 3.16. The number of hydrogen-bond acceptors (Lipinski definition) is 3. The predicted octanol–water partition coefficient (Wildman–Crippen LogP) is 3.52. The molecule has 19 heavy (non-hydrogen) atoms. The summed E-state index contributed by atoms with van der Waals surface area (Å²) < 4.78 is 1.05. The molecular weight excluding hydrogens is 302 g/mol. The Labute approximate surface area is 122 Å². The van der Waals surface area contributed by atoms with Gasteiger partial charge in [0.2, 0.25) is 0 Å². The van der Waals surface area contributed by atoms with Crippen LogP contribution < -0.4 is 5.32 Å². The monoisotopic (exact) mass is 319 g/mol. The van der Waals surface area contributed by atoms with Crippen molar-refractivity contribution in [2.45, 2.75) is 25.8 Å². The zero-order valence-corrected chi connectivity index (χ0v) is 12.6. The maximum atomic E-state index is 4.50. The van der Waals surface area contributed by atoms with E-state index in [2.05, 4.69) is 50.3 Å². The lowest BCUT2D eigenvalue weighted by atomic mass is 10.0. The van der Waals surface area contributed by atoms with E-state index >= 15 is 0 Å². The fraction of sp³-hybridized carbons (Fsp3) is 0.333. The third kappa shape index (κ3) is 4.11. The van der Waals surface area contributed by atoms with Crippen LogP contribution in [0.4, 0.5) is 0 Å². The van der Waals surface area contributed by atoms with Crippen LogP contribution in [0.3, 0.4) is 0 Å². The average molecular weight is 320 g/mol. The Hall–Kier alpha value is -1.26. The van der Waals surface area contributed by atoms with Crippen molar-refractivity contribution in [3.05, 3.63) is 58.6 Å². The number of hydrogen-bond donors (Lipinski definition) is 1. The summed E-state index contributed by atoms with van der Waals surface area (Å²) in [4.78, 5) is 8.56. The van der Waals surface area contributed by atoms with Gasteiger partial charge in [0.05, 0.1) is 11.7 Å². The van der Waals surface area contributed by atoms with Gasteiger partial charge in [0.15, 0.2) is 0 Å². The SMILES string of the molecule is CCCNC(Cc1ccncc1)c1ncccc1Br. The van der Waals surface area contributed by atoms with E-state index in [-0.39, 0.29) is 6.04 Å². The Morgan fingerprint density at radius 3 is 2.68 bits per heavy atom. The highest BCUT2D eigenvalue weighted by atomic mass is 79.9. The topological polar surface area (TPSA) is 37.8 Å². The van der Waals surface area contributed by atoms with Gasteiger partial charge in [-0.15, -0.1) is 0 Å². The van der Waals surface area contributed by atoms with Crippen LogP contribution in [0.1, 0.15) is 30.6 Å². The Bertz CT molecular complexity index is 502. The maximum Gasteiger partial charge on any atom is 0.0718 e. The third-order valence-electron chi connectivity index (χ3n) is 2.95. The molecule has 4 heteroatoms. The van der Waals surface area contributed by atoms with Crippen LogP contribution in [0.2, 0.25) is 0 Å². The molecule has 1 atom stereocenters. The van der Waals surface area contributed by atoms with Crippen molar-refractivity contribution in [3.8, 4) is 0 Å². The molecule has 0 amide bonds. The summed E-state index contributed by atoms with van der Waals surface area (Å²) >= 11 is 3.59. The van der Waals surface area contributed by atoms with Crippen molar-refractivity contribution in [1.29, 1.82) is 0 Å². The summed E-state index contributed by atoms with van der Waals surface area (Å²) in [5, 5.41) is 3.56. The largest absolute Gasteiger partial charge is 0.308 e. The molecule has 0 saturated heterocycles. The summed E-state index contributed by atoms with van der Waals surface area (Å²) in [7, 11) is 0. The van der Waals surface area contributed by atoms with Crippen molar-refractivity contribution >= 4 is 15.9 Å². The van der Waals surface area contributed by atoms with Gasteiger partial charge < -0.3 is 5.32 Å². The molecule has 0 fully saturated rings. The van der Waals surface area contributed by atoms with Crippen molar-refractivity contribution in [2.75, 3.05) is 6.54 Å². The molecule has 2 heterocycles. The van der Waals surface area contributed by atoms with Crippen LogP contribution in [0.5, 0.6) is 0 Å². The van der Waals surface area contributed by atoms with Crippen molar-refractivity contribution < 1.29 is 0 Å². The smallest absolute Gasteiger partial charge is 0.0718 e. The second kappa shape index (κ2) is 7.36. The molecule has 0 radical (unpaired) electrons. The summed E-state index contributed by atoms with van der Waals surface area (Å²) in [5.41, 5.74) is 2.33. The molecule has 2 aromatic rings. The lowest BCUT2D eigenvalue weighted by molar-refractivity contribution is 0.516. The van der Waals surface area contributed by atoms with Crippen LogP contribution in [-0.2, 0) is 6.42 Å². The van der Waals surface area contributed by atoms with Gasteiger partial charge in [0, 0.05) is 23.1 Å². The van der Waals surface area contributed by atoms with E-state index in [9.17, 15) is 0 Å². The second-order valence-electron chi connectivity index (χ2n) is 4.44. The zero-order chi connectivity index (χ0) is 13.5. The molecule has 3 nitrogen and oxygen atoms in total. The van der Waals surface area contributed by atoms with E-state index < -0.39 is 0 Å². The molecule has 0 saturated carbocycles. The molecule has 0 aromatic carbocycles. The predicted molar refractivity (Wildman–Crippen MR) is 80.9 cm³/mol. The minimum Gasteiger partial charge on any atom is -0.308 e. The maximum absolute atomic E-state index is 4.50. The molecule has 100 valence electrons. The fourth-order valence-electron chi connectivity index (χ4n) is 1.99. The number of halogens is 1. The first-order valence-corrected chi connectivity index (χ1v) is 7.33. The van der Waals surface area contributed by atoms with Gasteiger partial charge in [-0.2, -0.15) is 0 Å². The molecule has 0 aliphatic carbocycles. The molecule has 1 N–H and O–H groups in total. The van der Waals surface area contributed by atoms with Gasteiger partial charge in [-0.05, 0) is 65.1 Å². The molecule has 0 aliphatic rings. The molecular formula is C15H18BrN3.